The molecule has 4 heteroatoms. The van der Waals surface area contributed by atoms with Crippen LogP contribution in [0.5, 0.6) is 0 Å². The van der Waals surface area contributed by atoms with E-state index in [1.807, 2.05) is 0 Å². The van der Waals surface area contributed by atoms with Gasteiger partial charge in [0, 0.05) is 18.3 Å². The van der Waals surface area contributed by atoms with Gasteiger partial charge >= 0.3 is 0 Å². The first-order chi connectivity index (χ1) is 14.3. The van der Waals surface area contributed by atoms with E-state index in [4.69, 9.17) is 4.74 Å². The highest BCUT2D eigenvalue weighted by Crippen LogP contribution is 2.66. The number of ether oxygens (including phenoxy) is 1. The fourth-order valence-corrected chi connectivity index (χ4v) is 8.93. The molecule has 5 aliphatic rings. The number of aliphatic hydroxyl groups excluding tert-OH is 1. The Morgan fingerprint density at radius 1 is 1.03 bits per heavy atom. The minimum absolute atomic E-state index is 0.00693. The molecular weight excluding hydrogens is 376 g/mol. The molecule has 0 aromatic heterocycles. The summed E-state index contributed by atoms with van der Waals surface area (Å²) in [5.74, 6) is 2.21. The topological polar surface area (TPSA) is 63.6 Å². The van der Waals surface area contributed by atoms with Gasteiger partial charge in [-0.05, 0) is 86.4 Å². The van der Waals surface area contributed by atoms with E-state index in [0.29, 0.717) is 30.0 Å². The second-order valence-electron chi connectivity index (χ2n) is 11.9. The average molecular weight is 417 g/mol. The molecule has 5 aliphatic carbocycles. The summed E-state index contributed by atoms with van der Waals surface area (Å²) in [6, 6.07) is 0. The van der Waals surface area contributed by atoms with Crippen molar-refractivity contribution in [3.05, 3.63) is 0 Å². The Labute approximate surface area is 181 Å². The molecule has 1 N–H and O–H groups in total. The Kier molecular flexibility index (Phi) is 5.41. The molecule has 4 nitrogen and oxygen atoms in total. The molecule has 0 saturated heterocycles. The van der Waals surface area contributed by atoms with Gasteiger partial charge in [-0.2, -0.15) is 0 Å². The van der Waals surface area contributed by atoms with Crippen LogP contribution in [0.2, 0.25) is 0 Å². The largest absolute Gasteiger partial charge is 0.393 e. The second kappa shape index (κ2) is 7.69. The first kappa shape index (κ1) is 21.1. The summed E-state index contributed by atoms with van der Waals surface area (Å²) < 4.78 is 5.97. The maximum absolute atomic E-state index is 13.6. The fourth-order valence-electron chi connectivity index (χ4n) is 8.93. The lowest BCUT2D eigenvalue weighted by Gasteiger charge is -2.59. The van der Waals surface area contributed by atoms with Gasteiger partial charge in [0.1, 0.15) is 12.4 Å². The fraction of sp³-hybridized carbons (Fsp3) is 0.923. The van der Waals surface area contributed by atoms with Crippen LogP contribution in [0.15, 0.2) is 0 Å². The zero-order valence-electron chi connectivity index (χ0n) is 18.9. The average Bonchev–Trinajstić information content (AvgIpc) is 3.33. The number of hydrogen-bond acceptors (Lipinski definition) is 4. The number of fused-ring (bicyclic) bond motifs is 5. The van der Waals surface area contributed by atoms with Gasteiger partial charge in [0.15, 0.2) is 5.78 Å². The molecule has 0 bridgehead atoms. The van der Waals surface area contributed by atoms with Gasteiger partial charge in [0.05, 0.1) is 12.2 Å². The van der Waals surface area contributed by atoms with Crippen molar-refractivity contribution in [1.29, 1.82) is 0 Å². The highest BCUT2D eigenvalue weighted by molar-refractivity contribution is 5.88. The van der Waals surface area contributed by atoms with Crippen LogP contribution < -0.4 is 0 Å². The number of carbonyl (C=O) groups is 2. The van der Waals surface area contributed by atoms with Crippen molar-refractivity contribution < 1.29 is 19.4 Å². The van der Waals surface area contributed by atoms with Crippen LogP contribution in [0.1, 0.15) is 90.9 Å². The molecule has 0 heterocycles. The molecule has 0 spiro atoms. The molecule has 5 saturated carbocycles. The van der Waals surface area contributed by atoms with E-state index < -0.39 is 0 Å². The third-order valence-electron chi connectivity index (χ3n) is 10.5. The van der Waals surface area contributed by atoms with Crippen LogP contribution in [0, 0.1) is 40.4 Å². The van der Waals surface area contributed by atoms with Gasteiger partial charge in [-0.15, -0.1) is 0 Å². The molecule has 5 fully saturated rings. The predicted molar refractivity (Wildman–Crippen MR) is 115 cm³/mol. The Morgan fingerprint density at radius 3 is 2.57 bits per heavy atom. The zero-order valence-corrected chi connectivity index (χ0v) is 18.9. The molecule has 5 rings (SSSR count). The quantitative estimate of drug-likeness (QED) is 0.721. The lowest BCUT2D eigenvalue weighted by molar-refractivity contribution is -0.163. The first-order valence-corrected chi connectivity index (χ1v) is 12.7. The number of carbonyl (C=O) groups excluding carboxylic acids is 2. The lowest BCUT2D eigenvalue weighted by atomic mass is 9.44. The molecule has 0 unspecified atom stereocenters. The van der Waals surface area contributed by atoms with Crippen molar-refractivity contribution in [1.82, 2.24) is 0 Å². The Bertz CT molecular complexity index is 697. The Morgan fingerprint density at radius 2 is 1.80 bits per heavy atom. The van der Waals surface area contributed by atoms with Crippen molar-refractivity contribution in [3.8, 4) is 0 Å². The summed E-state index contributed by atoms with van der Waals surface area (Å²) in [4.78, 5) is 26.8. The van der Waals surface area contributed by atoms with Crippen molar-refractivity contribution in [2.24, 2.45) is 40.4 Å². The van der Waals surface area contributed by atoms with Crippen molar-refractivity contribution in [3.63, 3.8) is 0 Å². The molecular formula is C26H40O4. The molecule has 0 aliphatic heterocycles. The highest BCUT2D eigenvalue weighted by atomic mass is 16.5. The van der Waals surface area contributed by atoms with E-state index in [2.05, 4.69) is 13.8 Å². The molecule has 30 heavy (non-hydrogen) atoms. The van der Waals surface area contributed by atoms with Gasteiger partial charge in [0.25, 0.3) is 0 Å². The number of hydrogen-bond donors (Lipinski definition) is 1. The van der Waals surface area contributed by atoms with Crippen LogP contribution >= 0.6 is 0 Å². The third-order valence-corrected chi connectivity index (χ3v) is 10.5. The minimum Gasteiger partial charge on any atom is -0.393 e. The Balaban J connectivity index is 1.33. The van der Waals surface area contributed by atoms with Gasteiger partial charge in [-0.25, -0.2) is 0 Å². The van der Waals surface area contributed by atoms with Crippen LogP contribution in [0.25, 0.3) is 0 Å². The monoisotopic (exact) mass is 416 g/mol. The molecule has 0 aromatic carbocycles. The second-order valence-corrected chi connectivity index (χ2v) is 11.9. The summed E-state index contributed by atoms with van der Waals surface area (Å²) >= 11 is 0. The first-order valence-electron chi connectivity index (χ1n) is 12.7. The van der Waals surface area contributed by atoms with Gasteiger partial charge in [-0.1, -0.05) is 26.7 Å². The summed E-state index contributed by atoms with van der Waals surface area (Å²) in [5.41, 5.74) is -0.125. The van der Waals surface area contributed by atoms with Crippen LogP contribution in [0.3, 0.4) is 0 Å². The van der Waals surface area contributed by atoms with E-state index in [1.165, 1.54) is 12.8 Å². The maximum atomic E-state index is 13.6. The normalized spacial score (nSPS) is 48.8. The van der Waals surface area contributed by atoms with Crippen LogP contribution in [-0.2, 0) is 14.3 Å². The van der Waals surface area contributed by atoms with E-state index in [0.717, 1.165) is 57.8 Å². The van der Waals surface area contributed by atoms with Gasteiger partial charge in [-0.3, -0.25) is 9.59 Å². The molecule has 0 aromatic rings. The number of ketones is 2. The van der Waals surface area contributed by atoms with Crippen molar-refractivity contribution >= 4 is 11.6 Å². The summed E-state index contributed by atoms with van der Waals surface area (Å²) in [5, 5.41) is 10.2. The smallest absolute Gasteiger partial charge is 0.162 e. The lowest BCUT2D eigenvalue weighted by Crippen LogP contribution is -2.58. The van der Waals surface area contributed by atoms with Crippen LogP contribution in [-0.4, -0.2) is 35.5 Å². The van der Waals surface area contributed by atoms with Crippen LogP contribution in [0.4, 0.5) is 0 Å². The van der Waals surface area contributed by atoms with Gasteiger partial charge in [0.2, 0.25) is 0 Å². The molecule has 8 atom stereocenters. The van der Waals surface area contributed by atoms with Crippen molar-refractivity contribution in [2.75, 3.05) is 6.61 Å². The molecule has 0 amide bonds. The van der Waals surface area contributed by atoms with E-state index in [1.54, 1.807) is 0 Å². The van der Waals surface area contributed by atoms with E-state index in [9.17, 15) is 14.7 Å². The predicted octanol–water partition coefficient (Wildman–Crippen LogP) is 4.71. The Hall–Kier alpha value is -0.740. The van der Waals surface area contributed by atoms with Crippen molar-refractivity contribution in [2.45, 2.75) is 103 Å². The SMILES string of the molecule is C[C@]12CC[C@@H](O)C[C@@H]1CC[C@H]1[C@@H]3CC[C@H](C(=O)COC4CCCC4)[C@@]3(C)CC(=O)[C@@H]12. The summed E-state index contributed by atoms with van der Waals surface area (Å²) in [6.07, 6.45) is 12.2. The maximum Gasteiger partial charge on any atom is 0.162 e. The number of rotatable bonds is 4. The third kappa shape index (κ3) is 3.23. The number of Topliss-reactive ketones (excluding diaryl/α,β-unsaturated/α-hetero) is 2. The van der Waals surface area contributed by atoms with E-state index >= 15 is 0 Å². The molecule has 168 valence electrons. The highest BCUT2D eigenvalue weighted by Gasteiger charge is 2.64. The number of aliphatic hydroxyl groups is 1. The van der Waals surface area contributed by atoms with E-state index in [-0.39, 0.29) is 47.3 Å². The zero-order chi connectivity index (χ0) is 21.1. The minimum atomic E-state index is -0.183. The summed E-state index contributed by atoms with van der Waals surface area (Å²) in [6.45, 7) is 4.83. The summed E-state index contributed by atoms with van der Waals surface area (Å²) in [7, 11) is 0. The van der Waals surface area contributed by atoms with Gasteiger partial charge < -0.3 is 9.84 Å². The standard InChI is InChI=1S/C26H40O4/c1-25-12-11-17(27)13-16(25)7-8-19-20-9-10-21(26(20,2)14-22(28)24(19)25)23(29)15-30-18-5-3-4-6-18/h16-21,24,27H,3-15H2,1-2H3/t16-,17+,19-,20-,21+,24+,25-,26-/m0/s1. The molecule has 0 radical (unpaired) electrons.